The number of esters is 1. The maximum atomic E-state index is 12.8. The van der Waals surface area contributed by atoms with Crippen LogP contribution >= 0.6 is 0 Å². The molecule has 2 aromatic rings. The van der Waals surface area contributed by atoms with Crippen LogP contribution in [0.5, 0.6) is 0 Å². The molecular formula is C30H32N2O5. The number of ether oxygens (including phenoxy) is 2. The van der Waals surface area contributed by atoms with Gasteiger partial charge in [-0.25, -0.2) is 0 Å². The number of pyridine rings is 1. The third kappa shape index (κ3) is 3.70. The maximum Gasteiger partial charge on any atom is 0.303 e. The fourth-order valence-corrected chi connectivity index (χ4v) is 7.76. The minimum atomic E-state index is -0.729. The Labute approximate surface area is 216 Å². The fourth-order valence-electron chi connectivity index (χ4n) is 7.76. The van der Waals surface area contributed by atoms with Crippen LogP contribution < -0.4 is 5.73 Å². The second-order valence-electron chi connectivity index (χ2n) is 11.7. The minimum absolute atomic E-state index is 0.0506. The zero-order valence-electron chi connectivity index (χ0n) is 21.5. The predicted octanol–water partition coefficient (Wildman–Crippen LogP) is 4.50. The first kappa shape index (κ1) is 23.9. The lowest BCUT2D eigenvalue weighted by molar-refractivity contribution is -0.157. The molecule has 7 nitrogen and oxygen atoms in total. The molecule has 1 aromatic heterocycles. The SMILES string of the molecule is CC(=O)OC1(C)C[C@H]2[C@@H]3OC4=C(C=C3CC[C@]2(C)[C@H]1c1ccc2ccncc2c1)C(=O)CC(C(N)=O)C4. The molecule has 2 N–H and O–H groups in total. The molecule has 4 aliphatic rings. The second-order valence-corrected chi connectivity index (χ2v) is 11.7. The van der Waals surface area contributed by atoms with Crippen molar-refractivity contribution in [3.05, 3.63) is 65.2 Å². The smallest absolute Gasteiger partial charge is 0.303 e. The van der Waals surface area contributed by atoms with Gasteiger partial charge in [-0.05, 0) is 66.3 Å². The van der Waals surface area contributed by atoms with Crippen molar-refractivity contribution in [1.82, 2.24) is 4.98 Å². The minimum Gasteiger partial charge on any atom is -0.489 e. The summed E-state index contributed by atoms with van der Waals surface area (Å²) in [6.45, 7) is 5.79. The summed E-state index contributed by atoms with van der Waals surface area (Å²) < 4.78 is 12.7. The van der Waals surface area contributed by atoms with E-state index in [0.29, 0.717) is 24.2 Å². The highest BCUT2D eigenvalue weighted by Crippen LogP contribution is 2.66. The molecule has 6 atom stereocenters. The van der Waals surface area contributed by atoms with Crippen molar-refractivity contribution in [2.24, 2.45) is 23.0 Å². The van der Waals surface area contributed by atoms with E-state index < -0.39 is 17.4 Å². The third-order valence-corrected chi connectivity index (χ3v) is 9.27. The van der Waals surface area contributed by atoms with E-state index in [4.69, 9.17) is 15.2 Å². The van der Waals surface area contributed by atoms with Crippen LogP contribution in [-0.4, -0.2) is 34.3 Å². The number of fused-ring (bicyclic) bond motifs is 4. The van der Waals surface area contributed by atoms with Crippen LogP contribution in [0, 0.1) is 17.3 Å². The monoisotopic (exact) mass is 500 g/mol. The van der Waals surface area contributed by atoms with Crippen LogP contribution in [0.3, 0.4) is 0 Å². The summed E-state index contributed by atoms with van der Waals surface area (Å²) >= 11 is 0. The van der Waals surface area contributed by atoms with Crippen molar-refractivity contribution in [1.29, 1.82) is 0 Å². The molecule has 7 heteroatoms. The molecule has 6 rings (SSSR count). The molecule has 1 aliphatic heterocycles. The number of nitrogens with zero attached hydrogens (tertiary/aromatic N) is 1. The Balaban J connectivity index is 1.41. The Morgan fingerprint density at radius 1 is 1.16 bits per heavy atom. The quantitative estimate of drug-likeness (QED) is 0.622. The number of carbonyl (C=O) groups excluding carboxylic acids is 3. The first-order chi connectivity index (χ1) is 17.6. The molecule has 0 saturated heterocycles. The van der Waals surface area contributed by atoms with Gasteiger partial charge in [-0.1, -0.05) is 19.1 Å². The predicted molar refractivity (Wildman–Crippen MR) is 137 cm³/mol. The highest BCUT2D eigenvalue weighted by Gasteiger charge is 2.64. The highest BCUT2D eigenvalue weighted by atomic mass is 16.6. The Morgan fingerprint density at radius 3 is 2.73 bits per heavy atom. The first-order valence-corrected chi connectivity index (χ1v) is 13.0. The molecular weight excluding hydrogens is 468 g/mol. The van der Waals surface area contributed by atoms with E-state index in [2.05, 4.69) is 30.1 Å². The lowest BCUT2D eigenvalue weighted by Gasteiger charge is -2.48. The number of hydrogen-bond donors (Lipinski definition) is 1. The highest BCUT2D eigenvalue weighted by molar-refractivity contribution is 6.02. The standard InChI is InChI=1S/C30H32N2O5/c1-16(33)37-30(3)14-23-26-18(11-22-24(34)12-20(28(31)35)13-25(22)36-26)6-8-29(23,2)27(30)19-5-4-17-7-9-32-15-21(17)10-19/h4-5,7,9-11,15,20,23,26-27H,6,8,12-14H2,1-3H3,(H2,31,35)/t20?,23-,26+,27+,29-,30?/m0/s1. The van der Waals surface area contributed by atoms with Crippen LogP contribution in [-0.2, 0) is 23.9 Å². The van der Waals surface area contributed by atoms with Gasteiger partial charge in [0.2, 0.25) is 5.91 Å². The number of allylic oxidation sites excluding steroid dienone is 3. The first-order valence-electron chi connectivity index (χ1n) is 13.0. The average molecular weight is 501 g/mol. The second kappa shape index (κ2) is 8.27. The number of Topliss-reactive ketones (excluding diaryl/α,β-unsaturated/α-hetero) is 1. The molecule has 0 spiro atoms. The molecule has 2 saturated carbocycles. The fraction of sp³-hybridized carbons (Fsp3) is 0.467. The number of benzene rings is 1. The van der Waals surface area contributed by atoms with Gasteiger partial charge in [0.05, 0.1) is 11.5 Å². The maximum absolute atomic E-state index is 12.8. The number of primary amides is 1. The van der Waals surface area contributed by atoms with Gasteiger partial charge in [0, 0.05) is 49.4 Å². The molecule has 0 bridgehead atoms. The molecule has 2 heterocycles. The molecule has 192 valence electrons. The number of ketones is 1. The molecule has 3 aliphatic carbocycles. The van der Waals surface area contributed by atoms with Gasteiger partial charge < -0.3 is 15.2 Å². The van der Waals surface area contributed by atoms with Crippen LogP contribution in [0.1, 0.15) is 64.4 Å². The Hall–Kier alpha value is -3.48. The van der Waals surface area contributed by atoms with Gasteiger partial charge in [-0.15, -0.1) is 0 Å². The average Bonchev–Trinajstić information content (AvgIpc) is 3.08. The van der Waals surface area contributed by atoms with Gasteiger partial charge in [0.25, 0.3) is 0 Å². The van der Waals surface area contributed by atoms with Crippen molar-refractivity contribution >= 4 is 28.4 Å². The van der Waals surface area contributed by atoms with Crippen molar-refractivity contribution in [2.45, 2.75) is 70.5 Å². The summed E-state index contributed by atoms with van der Waals surface area (Å²) in [6, 6.07) is 8.42. The van der Waals surface area contributed by atoms with E-state index in [0.717, 1.165) is 34.8 Å². The molecule has 0 radical (unpaired) electrons. The molecule has 2 fully saturated rings. The van der Waals surface area contributed by atoms with Gasteiger partial charge in [0.15, 0.2) is 5.78 Å². The van der Waals surface area contributed by atoms with E-state index in [9.17, 15) is 14.4 Å². The number of amides is 1. The number of nitrogens with two attached hydrogens (primary N) is 1. The molecule has 37 heavy (non-hydrogen) atoms. The molecule has 1 amide bonds. The van der Waals surface area contributed by atoms with Crippen molar-refractivity contribution in [2.75, 3.05) is 0 Å². The molecule has 2 unspecified atom stereocenters. The van der Waals surface area contributed by atoms with E-state index in [1.165, 1.54) is 6.92 Å². The van der Waals surface area contributed by atoms with Gasteiger partial charge >= 0.3 is 5.97 Å². The summed E-state index contributed by atoms with van der Waals surface area (Å²) in [5.41, 5.74) is 7.43. The zero-order valence-corrected chi connectivity index (χ0v) is 21.5. The Kier molecular flexibility index (Phi) is 5.34. The lowest BCUT2D eigenvalue weighted by Crippen LogP contribution is -2.44. The number of hydrogen-bond acceptors (Lipinski definition) is 6. The van der Waals surface area contributed by atoms with E-state index in [-0.39, 0.29) is 41.5 Å². The number of rotatable bonds is 3. The summed E-state index contributed by atoms with van der Waals surface area (Å²) in [5.74, 6) is -0.804. The van der Waals surface area contributed by atoms with Crippen LogP contribution in [0.25, 0.3) is 10.8 Å². The van der Waals surface area contributed by atoms with Crippen LogP contribution in [0.2, 0.25) is 0 Å². The van der Waals surface area contributed by atoms with Crippen molar-refractivity contribution in [3.63, 3.8) is 0 Å². The van der Waals surface area contributed by atoms with Crippen LogP contribution in [0.15, 0.2) is 59.6 Å². The zero-order chi connectivity index (χ0) is 26.1. The summed E-state index contributed by atoms with van der Waals surface area (Å²) in [6.07, 6.45) is 8.22. The van der Waals surface area contributed by atoms with Gasteiger partial charge in [0.1, 0.15) is 17.5 Å². The van der Waals surface area contributed by atoms with Crippen molar-refractivity contribution < 1.29 is 23.9 Å². The number of aromatic nitrogens is 1. The van der Waals surface area contributed by atoms with E-state index in [1.807, 2.05) is 25.3 Å². The summed E-state index contributed by atoms with van der Waals surface area (Å²) in [5, 5.41) is 2.16. The largest absolute Gasteiger partial charge is 0.489 e. The number of carbonyl (C=O) groups is 3. The van der Waals surface area contributed by atoms with E-state index >= 15 is 0 Å². The summed E-state index contributed by atoms with van der Waals surface area (Å²) in [4.78, 5) is 41.4. The van der Waals surface area contributed by atoms with Crippen molar-refractivity contribution in [3.8, 4) is 0 Å². The van der Waals surface area contributed by atoms with E-state index in [1.54, 1.807) is 6.20 Å². The van der Waals surface area contributed by atoms with Gasteiger partial charge in [-0.2, -0.15) is 0 Å². The van der Waals surface area contributed by atoms with Gasteiger partial charge in [-0.3, -0.25) is 19.4 Å². The normalized spacial score (nSPS) is 34.7. The van der Waals surface area contributed by atoms with Crippen LogP contribution in [0.4, 0.5) is 0 Å². The lowest BCUT2D eigenvalue weighted by atomic mass is 9.60. The molecule has 1 aromatic carbocycles. The Morgan fingerprint density at radius 2 is 1.97 bits per heavy atom. The topological polar surface area (TPSA) is 109 Å². The summed E-state index contributed by atoms with van der Waals surface area (Å²) in [7, 11) is 0. The Bertz CT molecular complexity index is 1410. The third-order valence-electron chi connectivity index (χ3n) is 9.27.